The third-order valence-corrected chi connectivity index (χ3v) is 4.29. The summed E-state index contributed by atoms with van der Waals surface area (Å²) in [5.41, 5.74) is 1.90. The molecular formula is C17H25NO2. The van der Waals surface area contributed by atoms with Gasteiger partial charge in [-0.3, -0.25) is 4.79 Å². The molecule has 0 spiro atoms. The molecular weight excluding hydrogens is 250 g/mol. The number of hydrogen-bond donors (Lipinski definition) is 2. The first-order valence-corrected chi connectivity index (χ1v) is 7.37. The molecule has 0 amide bonds. The molecule has 0 aliphatic carbocycles. The van der Waals surface area contributed by atoms with E-state index in [1.807, 2.05) is 0 Å². The van der Waals surface area contributed by atoms with Crippen molar-refractivity contribution in [1.82, 2.24) is 5.32 Å². The average Bonchev–Trinajstić information content (AvgIpc) is 2.39. The topological polar surface area (TPSA) is 49.3 Å². The monoisotopic (exact) mass is 275 g/mol. The lowest BCUT2D eigenvalue weighted by Gasteiger charge is -2.34. The predicted octanol–water partition coefficient (Wildman–Crippen LogP) is 2.98. The number of rotatable bonds is 3. The second-order valence-corrected chi connectivity index (χ2v) is 6.99. The highest BCUT2D eigenvalue weighted by Gasteiger charge is 2.39. The fraction of sp³-hybridized carbons (Fsp3) is 0.588. The van der Waals surface area contributed by atoms with Crippen molar-refractivity contribution in [2.24, 2.45) is 5.41 Å². The second-order valence-electron chi connectivity index (χ2n) is 6.99. The van der Waals surface area contributed by atoms with Crippen molar-refractivity contribution in [2.45, 2.75) is 45.4 Å². The summed E-state index contributed by atoms with van der Waals surface area (Å²) in [6.07, 6.45) is 2.31. The van der Waals surface area contributed by atoms with E-state index in [0.29, 0.717) is 13.0 Å². The van der Waals surface area contributed by atoms with E-state index in [2.05, 4.69) is 50.4 Å². The number of nitrogens with one attached hydrogen (secondary N) is 1. The van der Waals surface area contributed by atoms with Gasteiger partial charge in [0.05, 0.1) is 5.41 Å². The van der Waals surface area contributed by atoms with Gasteiger partial charge in [-0.25, -0.2) is 0 Å². The van der Waals surface area contributed by atoms with E-state index in [9.17, 15) is 9.90 Å². The third-order valence-electron chi connectivity index (χ3n) is 4.29. The van der Waals surface area contributed by atoms with Crippen LogP contribution in [-0.4, -0.2) is 24.2 Å². The van der Waals surface area contributed by atoms with Crippen molar-refractivity contribution in [3.63, 3.8) is 0 Å². The van der Waals surface area contributed by atoms with Crippen LogP contribution in [0.3, 0.4) is 0 Å². The van der Waals surface area contributed by atoms with Gasteiger partial charge in [0.1, 0.15) is 0 Å². The molecule has 1 fully saturated rings. The molecule has 1 aliphatic heterocycles. The van der Waals surface area contributed by atoms with Crippen LogP contribution >= 0.6 is 0 Å². The maximum atomic E-state index is 11.7. The summed E-state index contributed by atoms with van der Waals surface area (Å²) in [6.45, 7) is 8.06. The molecule has 0 radical (unpaired) electrons. The molecule has 110 valence electrons. The molecule has 1 saturated heterocycles. The molecule has 1 atom stereocenters. The van der Waals surface area contributed by atoms with Gasteiger partial charge < -0.3 is 10.4 Å². The van der Waals surface area contributed by atoms with E-state index in [1.165, 1.54) is 5.56 Å². The van der Waals surface area contributed by atoms with Crippen LogP contribution in [-0.2, 0) is 16.6 Å². The van der Waals surface area contributed by atoms with Gasteiger partial charge in [0, 0.05) is 6.54 Å². The Balaban J connectivity index is 2.17. The van der Waals surface area contributed by atoms with Gasteiger partial charge in [-0.05, 0) is 42.3 Å². The summed E-state index contributed by atoms with van der Waals surface area (Å²) >= 11 is 0. The van der Waals surface area contributed by atoms with Crippen LogP contribution < -0.4 is 5.32 Å². The second kappa shape index (κ2) is 5.57. The first-order valence-electron chi connectivity index (χ1n) is 7.37. The lowest BCUT2D eigenvalue weighted by molar-refractivity contribution is -0.150. The predicted molar refractivity (Wildman–Crippen MR) is 81.0 cm³/mol. The molecule has 0 saturated carbocycles. The summed E-state index contributed by atoms with van der Waals surface area (Å²) in [4.78, 5) is 11.7. The van der Waals surface area contributed by atoms with Gasteiger partial charge in [-0.15, -0.1) is 0 Å². The Kier molecular flexibility index (Phi) is 4.19. The molecule has 3 heteroatoms. The van der Waals surface area contributed by atoms with E-state index in [0.717, 1.165) is 24.9 Å². The quantitative estimate of drug-likeness (QED) is 0.891. The van der Waals surface area contributed by atoms with Crippen LogP contribution in [0.15, 0.2) is 24.3 Å². The minimum atomic E-state index is -0.676. The van der Waals surface area contributed by atoms with Gasteiger partial charge in [-0.1, -0.05) is 45.0 Å². The van der Waals surface area contributed by atoms with E-state index >= 15 is 0 Å². The Bertz CT molecular complexity index is 465. The first-order chi connectivity index (χ1) is 9.33. The van der Waals surface area contributed by atoms with E-state index in [4.69, 9.17) is 0 Å². The smallest absolute Gasteiger partial charge is 0.311 e. The Morgan fingerprint density at radius 3 is 2.40 bits per heavy atom. The highest BCUT2D eigenvalue weighted by atomic mass is 16.4. The van der Waals surface area contributed by atoms with Crippen LogP contribution in [0, 0.1) is 5.41 Å². The molecule has 1 unspecified atom stereocenters. The van der Waals surface area contributed by atoms with E-state index in [-0.39, 0.29) is 5.41 Å². The largest absolute Gasteiger partial charge is 0.481 e. The molecule has 1 aromatic rings. The van der Waals surface area contributed by atoms with Crippen LogP contribution in [0.25, 0.3) is 0 Å². The minimum absolute atomic E-state index is 0.134. The first kappa shape index (κ1) is 15.0. The fourth-order valence-corrected chi connectivity index (χ4v) is 2.89. The van der Waals surface area contributed by atoms with Crippen molar-refractivity contribution < 1.29 is 9.90 Å². The van der Waals surface area contributed by atoms with Gasteiger partial charge in [0.25, 0.3) is 0 Å². The Morgan fingerprint density at radius 1 is 1.30 bits per heavy atom. The van der Waals surface area contributed by atoms with Crippen molar-refractivity contribution >= 4 is 5.97 Å². The standard InChI is InChI=1S/C17H25NO2/c1-16(2,3)14-7-5-13(6-8-14)11-17(15(19)20)9-4-10-18-12-17/h5-8,18H,4,9-12H2,1-3H3,(H,19,20). The Labute approximate surface area is 121 Å². The maximum Gasteiger partial charge on any atom is 0.311 e. The molecule has 0 bridgehead atoms. The number of carboxylic acid groups (broad SMARTS) is 1. The molecule has 0 aromatic heterocycles. The van der Waals surface area contributed by atoms with Crippen molar-refractivity contribution in [3.8, 4) is 0 Å². The normalized spacial score (nSPS) is 23.6. The summed E-state index contributed by atoms with van der Waals surface area (Å²) in [6, 6.07) is 8.42. The van der Waals surface area contributed by atoms with E-state index < -0.39 is 11.4 Å². The van der Waals surface area contributed by atoms with Gasteiger partial charge in [0.15, 0.2) is 0 Å². The zero-order valence-corrected chi connectivity index (χ0v) is 12.7. The number of carboxylic acids is 1. The lowest BCUT2D eigenvalue weighted by atomic mass is 9.75. The Morgan fingerprint density at radius 2 is 1.95 bits per heavy atom. The number of carbonyl (C=O) groups is 1. The van der Waals surface area contributed by atoms with Crippen molar-refractivity contribution in [2.75, 3.05) is 13.1 Å². The number of piperidine rings is 1. The minimum Gasteiger partial charge on any atom is -0.481 e. The maximum absolute atomic E-state index is 11.7. The number of hydrogen-bond acceptors (Lipinski definition) is 2. The molecule has 3 nitrogen and oxygen atoms in total. The summed E-state index contributed by atoms with van der Waals surface area (Å²) in [5.74, 6) is -0.676. The van der Waals surface area contributed by atoms with Gasteiger partial charge in [0.2, 0.25) is 0 Å². The molecule has 2 rings (SSSR count). The zero-order chi connectivity index (χ0) is 14.8. The SMILES string of the molecule is CC(C)(C)c1ccc(CC2(C(=O)O)CCCNC2)cc1. The molecule has 1 heterocycles. The van der Waals surface area contributed by atoms with E-state index in [1.54, 1.807) is 0 Å². The molecule has 20 heavy (non-hydrogen) atoms. The van der Waals surface area contributed by atoms with Gasteiger partial charge in [-0.2, -0.15) is 0 Å². The summed E-state index contributed by atoms with van der Waals surface area (Å²) < 4.78 is 0. The average molecular weight is 275 g/mol. The van der Waals surface area contributed by atoms with Crippen LogP contribution in [0.2, 0.25) is 0 Å². The molecule has 1 aliphatic rings. The summed E-state index contributed by atoms with van der Waals surface area (Å²) in [7, 11) is 0. The van der Waals surface area contributed by atoms with Crippen LogP contribution in [0.4, 0.5) is 0 Å². The Hall–Kier alpha value is -1.35. The zero-order valence-electron chi connectivity index (χ0n) is 12.7. The van der Waals surface area contributed by atoms with Crippen molar-refractivity contribution in [1.29, 1.82) is 0 Å². The molecule has 2 N–H and O–H groups in total. The lowest BCUT2D eigenvalue weighted by Crippen LogP contribution is -2.47. The summed E-state index contributed by atoms with van der Waals surface area (Å²) in [5, 5.41) is 12.8. The van der Waals surface area contributed by atoms with Crippen molar-refractivity contribution in [3.05, 3.63) is 35.4 Å². The molecule has 1 aromatic carbocycles. The highest BCUT2D eigenvalue weighted by molar-refractivity contribution is 5.75. The third kappa shape index (κ3) is 3.21. The number of benzene rings is 1. The van der Waals surface area contributed by atoms with Gasteiger partial charge >= 0.3 is 5.97 Å². The number of aliphatic carboxylic acids is 1. The highest BCUT2D eigenvalue weighted by Crippen LogP contribution is 2.32. The van der Waals surface area contributed by atoms with Crippen LogP contribution in [0.5, 0.6) is 0 Å². The fourth-order valence-electron chi connectivity index (χ4n) is 2.89. The van der Waals surface area contributed by atoms with Crippen LogP contribution in [0.1, 0.15) is 44.7 Å².